The lowest BCUT2D eigenvalue weighted by Gasteiger charge is -2.16. The quantitative estimate of drug-likeness (QED) is 0.480. The van der Waals surface area contributed by atoms with Crippen LogP contribution in [0.25, 0.3) is 0 Å². The highest BCUT2D eigenvalue weighted by Gasteiger charge is 2.22. The van der Waals surface area contributed by atoms with Crippen LogP contribution in [0.5, 0.6) is 0 Å². The van der Waals surface area contributed by atoms with Gasteiger partial charge in [-0.3, -0.25) is 4.79 Å². The lowest BCUT2D eigenvalue weighted by atomic mass is 9.97. The first-order valence-corrected chi connectivity index (χ1v) is 7.26. The van der Waals surface area contributed by atoms with E-state index in [0.717, 1.165) is 25.7 Å². The van der Waals surface area contributed by atoms with Crippen LogP contribution in [0.3, 0.4) is 0 Å². The first-order chi connectivity index (χ1) is 8.48. The molecule has 0 aromatic rings. The van der Waals surface area contributed by atoms with E-state index in [9.17, 15) is 4.79 Å². The molecular weight excluding hydrogens is 228 g/mol. The molecule has 0 atom stereocenters. The number of carbonyl (C=O) groups is 1. The van der Waals surface area contributed by atoms with Crippen molar-refractivity contribution in [1.29, 1.82) is 0 Å². The van der Waals surface area contributed by atoms with E-state index in [1.54, 1.807) is 0 Å². The van der Waals surface area contributed by atoms with Crippen LogP contribution in [0.1, 0.15) is 72.1 Å². The van der Waals surface area contributed by atoms with Crippen molar-refractivity contribution in [2.24, 2.45) is 5.41 Å². The predicted octanol–water partition coefficient (Wildman–Crippen LogP) is 3.69. The van der Waals surface area contributed by atoms with Gasteiger partial charge < -0.3 is 9.84 Å². The fraction of sp³-hybridized carbons (Fsp3) is 0.933. The Bertz CT molecular complexity index is 206. The Labute approximate surface area is 112 Å². The number of rotatable bonds is 10. The Morgan fingerprint density at radius 3 is 1.78 bits per heavy atom. The molecule has 0 radical (unpaired) electrons. The predicted molar refractivity (Wildman–Crippen MR) is 74.4 cm³/mol. The number of ether oxygens (including phenoxy) is 1. The molecule has 0 bridgehead atoms. The number of carbonyl (C=O) groups excluding carboxylic acids is 1. The number of esters is 1. The molecule has 0 fully saturated rings. The molecule has 0 amide bonds. The number of aliphatic hydroxyl groups is 1. The van der Waals surface area contributed by atoms with Gasteiger partial charge in [0.25, 0.3) is 0 Å². The number of hydrogen-bond acceptors (Lipinski definition) is 3. The maximum Gasteiger partial charge on any atom is 0.311 e. The third kappa shape index (κ3) is 10.6. The van der Waals surface area contributed by atoms with Gasteiger partial charge in [-0.2, -0.15) is 0 Å². The molecule has 0 saturated heterocycles. The van der Waals surface area contributed by atoms with Crippen LogP contribution < -0.4 is 0 Å². The first kappa shape index (κ1) is 17.4. The van der Waals surface area contributed by atoms with Gasteiger partial charge >= 0.3 is 5.97 Å². The third-order valence-corrected chi connectivity index (χ3v) is 2.90. The number of unbranched alkanes of at least 4 members (excludes halogenated alkanes) is 7. The van der Waals surface area contributed by atoms with E-state index in [2.05, 4.69) is 0 Å². The molecule has 108 valence electrons. The summed E-state index contributed by atoms with van der Waals surface area (Å²) in [5.74, 6) is -0.105. The smallest absolute Gasteiger partial charge is 0.311 e. The highest BCUT2D eigenvalue weighted by molar-refractivity contribution is 5.75. The largest absolute Gasteiger partial charge is 0.465 e. The van der Waals surface area contributed by atoms with Gasteiger partial charge in [0.05, 0.1) is 12.0 Å². The average Bonchev–Trinajstić information content (AvgIpc) is 2.30. The Kier molecular flexibility index (Phi) is 10.0. The fourth-order valence-corrected chi connectivity index (χ4v) is 1.66. The highest BCUT2D eigenvalue weighted by Crippen LogP contribution is 2.15. The Morgan fingerprint density at radius 2 is 1.33 bits per heavy atom. The van der Waals surface area contributed by atoms with Gasteiger partial charge in [-0.05, 0) is 33.6 Å². The van der Waals surface area contributed by atoms with E-state index >= 15 is 0 Å². The van der Waals surface area contributed by atoms with Gasteiger partial charge in [0.15, 0.2) is 0 Å². The van der Waals surface area contributed by atoms with E-state index in [4.69, 9.17) is 9.84 Å². The first-order valence-electron chi connectivity index (χ1n) is 7.26. The minimum atomic E-state index is -0.382. The molecule has 3 nitrogen and oxygen atoms in total. The van der Waals surface area contributed by atoms with Crippen LogP contribution in [0.2, 0.25) is 0 Å². The van der Waals surface area contributed by atoms with Crippen LogP contribution in [0.4, 0.5) is 0 Å². The van der Waals surface area contributed by atoms with Crippen LogP contribution in [0, 0.1) is 5.41 Å². The summed E-state index contributed by atoms with van der Waals surface area (Å²) in [6.45, 7) is 6.50. The normalized spacial score (nSPS) is 11.6. The highest BCUT2D eigenvalue weighted by atomic mass is 16.5. The molecule has 0 aliphatic carbocycles. The lowest BCUT2D eigenvalue weighted by Crippen LogP contribution is -2.23. The van der Waals surface area contributed by atoms with E-state index in [-0.39, 0.29) is 11.4 Å². The fourth-order valence-electron chi connectivity index (χ4n) is 1.66. The molecule has 0 aromatic heterocycles. The second kappa shape index (κ2) is 10.4. The van der Waals surface area contributed by atoms with Crippen LogP contribution >= 0.6 is 0 Å². The summed E-state index contributed by atoms with van der Waals surface area (Å²) in [5.41, 5.74) is -0.382. The van der Waals surface area contributed by atoms with Gasteiger partial charge in [-0.25, -0.2) is 0 Å². The van der Waals surface area contributed by atoms with Crippen molar-refractivity contribution >= 4 is 5.97 Å². The molecule has 0 saturated carbocycles. The monoisotopic (exact) mass is 258 g/mol. The molecule has 0 aromatic carbocycles. The number of hydrogen-bond donors (Lipinski definition) is 1. The zero-order valence-electron chi connectivity index (χ0n) is 12.3. The molecule has 0 heterocycles. The standard InChI is InChI=1S/C15H30O3/c1-15(2,3)14(17)18-13-11-9-7-5-4-6-8-10-12-16/h16H,4-13H2,1-3H3. The zero-order chi connectivity index (χ0) is 13.9. The molecule has 3 heteroatoms. The second-order valence-electron chi connectivity index (χ2n) is 5.94. The molecule has 18 heavy (non-hydrogen) atoms. The Hall–Kier alpha value is -0.570. The lowest BCUT2D eigenvalue weighted by molar-refractivity contribution is -0.153. The third-order valence-electron chi connectivity index (χ3n) is 2.90. The maximum absolute atomic E-state index is 11.5. The van der Waals surface area contributed by atoms with Gasteiger partial charge in [0, 0.05) is 6.61 Å². The summed E-state index contributed by atoms with van der Waals surface area (Å²) in [6.07, 6.45) is 9.12. The summed E-state index contributed by atoms with van der Waals surface area (Å²) in [7, 11) is 0. The van der Waals surface area contributed by atoms with E-state index in [0.29, 0.717) is 13.2 Å². The minimum absolute atomic E-state index is 0.105. The zero-order valence-corrected chi connectivity index (χ0v) is 12.3. The summed E-state index contributed by atoms with van der Waals surface area (Å²) in [5, 5.41) is 8.63. The van der Waals surface area contributed by atoms with Crippen molar-refractivity contribution in [2.45, 2.75) is 72.1 Å². The van der Waals surface area contributed by atoms with Crippen molar-refractivity contribution in [3.8, 4) is 0 Å². The average molecular weight is 258 g/mol. The molecular formula is C15H30O3. The molecule has 0 aliphatic heterocycles. The molecule has 0 spiro atoms. The summed E-state index contributed by atoms with van der Waals surface area (Å²) in [4.78, 5) is 11.5. The van der Waals surface area contributed by atoms with E-state index < -0.39 is 0 Å². The van der Waals surface area contributed by atoms with E-state index in [1.807, 2.05) is 20.8 Å². The summed E-state index contributed by atoms with van der Waals surface area (Å²) < 4.78 is 5.20. The molecule has 0 unspecified atom stereocenters. The van der Waals surface area contributed by atoms with Crippen molar-refractivity contribution in [1.82, 2.24) is 0 Å². The minimum Gasteiger partial charge on any atom is -0.465 e. The van der Waals surface area contributed by atoms with Gasteiger partial charge in [-0.1, -0.05) is 38.5 Å². The maximum atomic E-state index is 11.5. The Morgan fingerprint density at radius 1 is 0.889 bits per heavy atom. The van der Waals surface area contributed by atoms with Crippen molar-refractivity contribution in [2.75, 3.05) is 13.2 Å². The Balaban J connectivity index is 3.19. The van der Waals surface area contributed by atoms with Crippen LogP contribution in [-0.4, -0.2) is 24.3 Å². The summed E-state index contributed by atoms with van der Waals surface area (Å²) >= 11 is 0. The molecule has 0 aliphatic rings. The van der Waals surface area contributed by atoms with Crippen molar-refractivity contribution in [3.63, 3.8) is 0 Å². The van der Waals surface area contributed by atoms with Crippen molar-refractivity contribution < 1.29 is 14.6 Å². The van der Waals surface area contributed by atoms with Gasteiger partial charge in [0.2, 0.25) is 0 Å². The van der Waals surface area contributed by atoms with Crippen molar-refractivity contribution in [3.05, 3.63) is 0 Å². The number of aliphatic hydroxyl groups excluding tert-OH is 1. The van der Waals surface area contributed by atoms with Crippen LogP contribution in [-0.2, 0) is 9.53 Å². The van der Waals surface area contributed by atoms with Gasteiger partial charge in [0.1, 0.15) is 0 Å². The van der Waals surface area contributed by atoms with E-state index in [1.165, 1.54) is 25.7 Å². The van der Waals surface area contributed by atoms with Gasteiger partial charge in [-0.15, -0.1) is 0 Å². The topological polar surface area (TPSA) is 46.5 Å². The molecule has 0 rings (SSSR count). The van der Waals surface area contributed by atoms with Crippen LogP contribution in [0.15, 0.2) is 0 Å². The molecule has 1 N–H and O–H groups in total. The summed E-state index contributed by atoms with van der Waals surface area (Å²) in [6, 6.07) is 0. The SMILES string of the molecule is CC(C)(C)C(=O)OCCCCCCCCCCO. The second-order valence-corrected chi connectivity index (χ2v) is 5.94.